The van der Waals surface area contributed by atoms with Crippen molar-refractivity contribution >= 4 is 23.2 Å². The molecule has 0 aliphatic carbocycles. The van der Waals surface area contributed by atoms with Gasteiger partial charge < -0.3 is 25.2 Å². The maximum atomic E-state index is 13.8. The van der Waals surface area contributed by atoms with Crippen LogP contribution in [-0.4, -0.2) is 62.0 Å². The molecule has 0 bridgehead atoms. The molecule has 0 saturated carbocycles. The standard InChI is InChI=1S/C27H38F3NO6S/c1-15-7-6-8-18(27(28,29)30)9-10-20(16(2)11-19-14-38-22(13-32)31-19)37-23(34)12-21(33)26(4,5)25(36)17(3)24(15)35/h6-7,9,11,14-15,17,20-21,23-24,32-35H,8,10,12-13H2,1-5H3/b7-6+,16-11+,18-9+/t15?,17-,20+,21+,23?,24?/m1/s1. The SMILES string of the molecule is C/C(=C\c1csc(CO)n1)[C@@H]1C/C=C(/C(F)(F)F)C/C=C/C(C)C(O)[C@@H](C)C(=O)C(C)(C)[C@@H](O)CC(O)O1. The van der Waals surface area contributed by atoms with E-state index < -0.39 is 65.8 Å². The van der Waals surface area contributed by atoms with Gasteiger partial charge in [0, 0.05) is 34.6 Å². The number of Topliss-reactive ketones (excluding diaryl/α,β-unsaturated/α-hetero) is 1. The summed E-state index contributed by atoms with van der Waals surface area (Å²) >= 11 is 1.22. The van der Waals surface area contributed by atoms with E-state index in [1.165, 1.54) is 44.3 Å². The van der Waals surface area contributed by atoms with E-state index in [1.807, 2.05) is 0 Å². The van der Waals surface area contributed by atoms with Crippen molar-refractivity contribution < 1.29 is 43.1 Å². The van der Waals surface area contributed by atoms with Crippen LogP contribution < -0.4 is 0 Å². The van der Waals surface area contributed by atoms with E-state index in [0.717, 1.165) is 6.08 Å². The summed E-state index contributed by atoms with van der Waals surface area (Å²) in [4.78, 5) is 17.4. The van der Waals surface area contributed by atoms with E-state index in [2.05, 4.69) is 4.98 Å². The molecule has 2 rings (SSSR count). The maximum absolute atomic E-state index is 13.8. The fourth-order valence-corrected chi connectivity index (χ4v) is 4.93. The molecule has 0 radical (unpaired) electrons. The molecule has 0 spiro atoms. The number of nitrogens with zero attached hydrogens (tertiary/aromatic N) is 1. The molecule has 1 aromatic rings. The summed E-state index contributed by atoms with van der Waals surface area (Å²) in [6.45, 7) is 7.53. The number of aliphatic hydroxyl groups excluding tert-OH is 4. The molecule has 11 heteroatoms. The minimum absolute atomic E-state index is 0.229. The number of carbonyl (C=O) groups excluding carboxylic acids is 1. The third-order valence-electron chi connectivity index (χ3n) is 6.99. The summed E-state index contributed by atoms with van der Waals surface area (Å²) in [5, 5.41) is 43.6. The van der Waals surface area contributed by atoms with Gasteiger partial charge in [0.05, 0.1) is 30.6 Å². The topological polar surface area (TPSA) is 120 Å². The van der Waals surface area contributed by atoms with Gasteiger partial charge in [-0.15, -0.1) is 11.3 Å². The molecular formula is C27H38F3NO6S. The van der Waals surface area contributed by atoms with Gasteiger partial charge >= 0.3 is 6.18 Å². The fraction of sp³-hybridized carbons (Fsp3) is 0.630. The average Bonchev–Trinajstić information content (AvgIpc) is 3.29. The van der Waals surface area contributed by atoms with E-state index in [1.54, 1.807) is 25.3 Å². The van der Waals surface area contributed by atoms with Gasteiger partial charge in [0.15, 0.2) is 6.29 Å². The van der Waals surface area contributed by atoms with Gasteiger partial charge in [0.1, 0.15) is 10.8 Å². The average molecular weight is 562 g/mol. The van der Waals surface area contributed by atoms with Gasteiger partial charge in [0.25, 0.3) is 0 Å². The summed E-state index contributed by atoms with van der Waals surface area (Å²) in [6.07, 6.45) is -5.41. The molecule has 0 saturated heterocycles. The lowest BCUT2D eigenvalue weighted by molar-refractivity contribution is -0.160. The number of carbonyl (C=O) groups is 1. The number of halogens is 3. The predicted molar refractivity (Wildman–Crippen MR) is 139 cm³/mol. The predicted octanol–water partition coefficient (Wildman–Crippen LogP) is 4.56. The molecule has 3 unspecified atom stereocenters. The summed E-state index contributed by atoms with van der Waals surface area (Å²) < 4.78 is 47.1. The van der Waals surface area contributed by atoms with Crippen LogP contribution in [0.3, 0.4) is 0 Å². The monoisotopic (exact) mass is 561 g/mol. The van der Waals surface area contributed by atoms with Gasteiger partial charge in [-0.1, -0.05) is 45.9 Å². The highest BCUT2D eigenvalue weighted by Crippen LogP contribution is 2.34. The van der Waals surface area contributed by atoms with Crippen LogP contribution in [0.2, 0.25) is 0 Å². The summed E-state index contributed by atoms with van der Waals surface area (Å²) in [7, 11) is 0. The van der Waals surface area contributed by atoms with Crippen LogP contribution in [0.1, 0.15) is 64.6 Å². The highest BCUT2D eigenvalue weighted by molar-refractivity contribution is 7.09. The van der Waals surface area contributed by atoms with Crippen LogP contribution in [0.15, 0.2) is 34.8 Å². The lowest BCUT2D eigenvalue weighted by atomic mass is 9.73. The number of ether oxygens (including phenoxy) is 1. The molecule has 0 aromatic carbocycles. The Balaban J connectivity index is 2.49. The van der Waals surface area contributed by atoms with Gasteiger partial charge in [-0.25, -0.2) is 4.98 Å². The Bertz CT molecular complexity index is 1030. The van der Waals surface area contributed by atoms with Gasteiger partial charge in [-0.2, -0.15) is 13.2 Å². The van der Waals surface area contributed by atoms with Crippen LogP contribution >= 0.6 is 11.3 Å². The van der Waals surface area contributed by atoms with E-state index in [-0.39, 0.29) is 19.4 Å². The van der Waals surface area contributed by atoms with Crippen molar-refractivity contribution in [3.63, 3.8) is 0 Å². The molecular weight excluding hydrogens is 523 g/mol. The van der Waals surface area contributed by atoms with Crippen LogP contribution in [0.25, 0.3) is 6.08 Å². The summed E-state index contributed by atoms with van der Waals surface area (Å²) in [5.41, 5.74) is -1.20. The first kappa shape index (κ1) is 32.3. The zero-order valence-corrected chi connectivity index (χ0v) is 23.1. The van der Waals surface area contributed by atoms with E-state index in [4.69, 9.17) is 4.74 Å². The van der Waals surface area contributed by atoms with Gasteiger partial charge in [-0.05, 0) is 31.4 Å². The van der Waals surface area contributed by atoms with Crippen LogP contribution in [0, 0.1) is 17.3 Å². The third-order valence-corrected chi connectivity index (χ3v) is 7.84. The molecule has 38 heavy (non-hydrogen) atoms. The first-order chi connectivity index (χ1) is 17.6. The van der Waals surface area contributed by atoms with Crippen LogP contribution in [0.5, 0.6) is 0 Å². The lowest BCUT2D eigenvalue weighted by Crippen LogP contribution is -2.46. The molecule has 1 aromatic heterocycles. The molecule has 4 N–H and O–H groups in total. The Kier molecular flexibility index (Phi) is 11.4. The highest BCUT2D eigenvalue weighted by atomic mass is 32.1. The Labute approximate surface area is 225 Å². The quantitative estimate of drug-likeness (QED) is 0.400. The van der Waals surface area contributed by atoms with Crippen molar-refractivity contribution in [3.8, 4) is 0 Å². The molecule has 214 valence electrons. The third kappa shape index (κ3) is 8.56. The number of alkyl halides is 3. The number of allylic oxidation sites excluding steroid dienone is 2. The lowest BCUT2D eigenvalue weighted by Gasteiger charge is -2.35. The van der Waals surface area contributed by atoms with Crippen molar-refractivity contribution in [2.45, 2.75) is 91.3 Å². The summed E-state index contributed by atoms with van der Waals surface area (Å²) in [6, 6.07) is 0. The molecule has 0 fully saturated rings. The summed E-state index contributed by atoms with van der Waals surface area (Å²) in [5.74, 6) is -1.97. The van der Waals surface area contributed by atoms with Crippen LogP contribution in [0.4, 0.5) is 13.2 Å². The van der Waals surface area contributed by atoms with Crippen molar-refractivity contribution in [3.05, 3.63) is 45.5 Å². The number of ketones is 1. The zero-order valence-electron chi connectivity index (χ0n) is 22.3. The first-order valence-electron chi connectivity index (χ1n) is 12.5. The fourth-order valence-electron chi connectivity index (χ4n) is 4.32. The molecule has 1 aliphatic heterocycles. The van der Waals surface area contributed by atoms with E-state index >= 15 is 0 Å². The van der Waals surface area contributed by atoms with Crippen LogP contribution in [-0.2, 0) is 16.1 Å². The largest absolute Gasteiger partial charge is 0.412 e. The second-order valence-electron chi connectivity index (χ2n) is 10.4. The van der Waals surface area contributed by atoms with Gasteiger partial charge in [0.2, 0.25) is 0 Å². The Hall–Kier alpha value is -1.89. The number of thiazole rings is 1. The molecule has 1 aliphatic rings. The smallest absolute Gasteiger partial charge is 0.392 e. The Morgan fingerprint density at radius 1 is 1.26 bits per heavy atom. The van der Waals surface area contributed by atoms with Crippen molar-refractivity contribution in [2.24, 2.45) is 17.3 Å². The molecule has 0 amide bonds. The normalized spacial score (nSPS) is 33.0. The second-order valence-corrected chi connectivity index (χ2v) is 11.3. The Morgan fingerprint density at radius 3 is 2.50 bits per heavy atom. The number of aliphatic hydroxyl groups is 4. The molecule has 7 nitrogen and oxygen atoms in total. The molecule has 6 atom stereocenters. The highest BCUT2D eigenvalue weighted by Gasteiger charge is 2.42. The van der Waals surface area contributed by atoms with E-state index in [0.29, 0.717) is 16.3 Å². The van der Waals surface area contributed by atoms with Gasteiger partial charge in [-0.3, -0.25) is 4.79 Å². The minimum atomic E-state index is -4.62. The number of rotatable bonds is 3. The molecule has 2 heterocycles. The van der Waals surface area contributed by atoms with Crippen molar-refractivity contribution in [1.82, 2.24) is 4.98 Å². The maximum Gasteiger partial charge on any atom is 0.412 e. The van der Waals surface area contributed by atoms with Crippen molar-refractivity contribution in [1.29, 1.82) is 0 Å². The minimum Gasteiger partial charge on any atom is -0.392 e. The van der Waals surface area contributed by atoms with Crippen molar-refractivity contribution in [2.75, 3.05) is 0 Å². The zero-order chi connectivity index (χ0) is 28.8. The second kappa shape index (κ2) is 13.5. The number of aromatic nitrogens is 1. The first-order valence-corrected chi connectivity index (χ1v) is 13.4. The van der Waals surface area contributed by atoms with E-state index in [9.17, 15) is 38.4 Å². The number of hydrogen-bond donors (Lipinski definition) is 4. The number of hydrogen-bond acceptors (Lipinski definition) is 8. The Morgan fingerprint density at radius 2 is 1.92 bits per heavy atom.